The highest BCUT2D eigenvalue weighted by Gasteiger charge is 2.14. The summed E-state index contributed by atoms with van der Waals surface area (Å²) in [7, 11) is -3.59. The first-order valence-corrected chi connectivity index (χ1v) is 9.31. The van der Waals surface area contributed by atoms with Crippen LogP contribution in [0, 0.1) is 0 Å². The Balaban J connectivity index is 2.16. The Labute approximate surface area is 138 Å². The minimum Gasteiger partial charge on any atom is -0.357 e. The van der Waals surface area contributed by atoms with E-state index in [4.69, 9.17) is 0 Å². The first-order valence-electron chi connectivity index (χ1n) is 7.83. The van der Waals surface area contributed by atoms with E-state index in [9.17, 15) is 8.42 Å². The Bertz CT molecular complexity index is 721. The van der Waals surface area contributed by atoms with Gasteiger partial charge in [0.15, 0.2) is 0 Å². The van der Waals surface area contributed by atoms with Gasteiger partial charge in [-0.3, -0.25) is 4.72 Å². The summed E-state index contributed by atoms with van der Waals surface area (Å²) < 4.78 is 27.3. The van der Waals surface area contributed by atoms with E-state index in [2.05, 4.69) is 28.5 Å². The Kier molecular flexibility index (Phi) is 5.60. The number of benzene rings is 1. The van der Waals surface area contributed by atoms with E-state index in [1.807, 2.05) is 25.1 Å². The first-order chi connectivity index (χ1) is 11.0. The van der Waals surface area contributed by atoms with Crippen LogP contribution >= 0.6 is 0 Å². The molecule has 23 heavy (non-hydrogen) atoms. The topological polar surface area (TPSA) is 62.3 Å². The monoisotopic (exact) mass is 333 g/mol. The van der Waals surface area contributed by atoms with Crippen LogP contribution in [0.3, 0.4) is 0 Å². The molecule has 1 aromatic carbocycles. The first kappa shape index (κ1) is 17.3. The molecule has 0 fully saturated rings. The van der Waals surface area contributed by atoms with Crippen LogP contribution in [-0.4, -0.2) is 26.5 Å². The Morgan fingerprint density at radius 2 is 1.65 bits per heavy atom. The molecule has 0 aliphatic carbocycles. The van der Waals surface area contributed by atoms with Crippen LogP contribution in [0.4, 0.5) is 11.5 Å². The molecule has 6 heteroatoms. The van der Waals surface area contributed by atoms with E-state index < -0.39 is 10.0 Å². The molecule has 0 bridgehead atoms. The number of hydrogen-bond donors (Lipinski definition) is 1. The largest absolute Gasteiger partial charge is 0.357 e. The third kappa shape index (κ3) is 4.22. The standard InChI is InChI=1S/C17H23N3O2S/c1-4-14-7-10-16(11-8-14)23(21,22)19-15-9-12-17(18-13-15)20(5-2)6-3/h7-13,19H,4-6H2,1-3H3. The zero-order valence-corrected chi connectivity index (χ0v) is 14.6. The van der Waals surface area contributed by atoms with Gasteiger partial charge in [-0.1, -0.05) is 19.1 Å². The maximum Gasteiger partial charge on any atom is 0.261 e. The van der Waals surface area contributed by atoms with Crippen molar-refractivity contribution >= 4 is 21.5 Å². The molecule has 0 aliphatic heterocycles. The molecule has 1 heterocycles. The molecular weight excluding hydrogens is 310 g/mol. The van der Waals surface area contributed by atoms with Gasteiger partial charge in [-0.2, -0.15) is 0 Å². The van der Waals surface area contributed by atoms with Crippen LogP contribution in [0.25, 0.3) is 0 Å². The summed E-state index contributed by atoms with van der Waals surface area (Å²) >= 11 is 0. The minimum absolute atomic E-state index is 0.252. The summed E-state index contributed by atoms with van der Waals surface area (Å²) in [5.41, 5.74) is 1.56. The molecule has 1 aromatic heterocycles. The molecule has 0 saturated heterocycles. The zero-order valence-electron chi connectivity index (χ0n) is 13.8. The van der Waals surface area contributed by atoms with E-state index in [0.29, 0.717) is 5.69 Å². The molecule has 5 nitrogen and oxygen atoms in total. The molecule has 0 spiro atoms. The average Bonchev–Trinajstić information content (AvgIpc) is 2.57. The fourth-order valence-corrected chi connectivity index (χ4v) is 3.34. The second-order valence-electron chi connectivity index (χ2n) is 5.18. The highest BCUT2D eigenvalue weighted by molar-refractivity contribution is 7.92. The Morgan fingerprint density at radius 3 is 2.13 bits per heavy atom. The summed E-state index contributed by atoms with van der Waals surface area (Å²) in [4.78, 5) is 6.68. The van der Waals surface area contributed by atoms with E-state index in [1.165, 1.54) is 0 Å². The van der Waals surface area contributed by atoms with E-state index in [1.54, 1.807) is 24.4 Å². The molecule has 2 aromatic rings. The van der Waals surface area contributed by atoms with Crippen molar-refractivity contribution in [1.82, 2.24) is 4.98 Å². The number of aromatic nitrogens is 1. The molecule has 0 aliphatic rings. The van der Waals surface area contributed by atoms with Gasteiger partial charge in [0.1, 0.15) is 5.82 Å². The Morgan fingerprint density at radius 1 is 1.00 bits per heavy atom. The predicted octanol–water partition coefficient (Wildman–Crippen LogP) is 3.29. The third-order valence-corrected chi connectivity index (χ3v) is 5.13. The van der Waals surface area contributed by atoms with Gasteiger partial charge in [0.05, 0.1) is 16.8 Å². The molecule has 0 unspecified atom stereocenters. The van der Waals surface area contributed by atoms with Crippen molar-refractivity contribution in [3.63, 3.8) is 0 Å². The number of nitrogens with zero attached hydrogens (tertiary/aromatic N) is 2. The lowest BCUT2D eigenvalue weighted by Crippen LogP contribution is -2.22. The van der Waals surface area contributed by atoms with Crippen LogP contribution < -0.4 is 9.62 Å². The lowest BCUT2D eigenvalue weighted by molar-refractivity contribution is 0.601. The number of hydrogen-bond acceptors (Lipinski definition) is 4. The fourth-order valence-electron chi connectivity index (χ4n) is 2.30. The molecule has 0 amide bonds. The third-order valence-electron chi connectivity index (χ3n) is 3.73. The number of sulfonamides is 1. The summed E-state index contributed by atoms with van der Waals surface area (Å²) in [6.07, 6.45) is 2.43. The SMILES string of the molecule is CCc1ccc(S(=O)(=O)Nc2ccc(N(CC)CC)nc2)cc1. The molecule has 0 atom stereocenters. The van der Waals surface area contributed by atoms with Crippen molar-refractivity contribution in [3.05, 3.63) is 48.2 Å². The van der Waals surface area contributed by atoms with Crippen LogP contribution in [0.2, 0.25) is 0 Å². The molecule has 0 radical (unpaired) electrons. The average molecular weight is 333 g/mol. The predicted molar refractivity (Wildman–Crippen MR) is 94.4 cm³/mol. The van der Waals surface area contributed by atoms with Gasteiger partial charge in [0.25, 0.3) is 10.0 Å². The Hall–Kier alpha value is -2.08. The van der Waals surface area contributed by atoms with Crippen LogP contribution in [0.5, 0.6) is 0 Å². The molecule has 1 N–H and O–H groups in total. The highest BCUT2D eigenvalue weighted by atomic mass is 32.2. The van der Waals surface area contributed by atoms with Crippen molar-refractivity contribution in [2.75, 3.05) is 22.7 Å². The van der Waals surface area contributed by atoms with Crippen LogP contribution in [0.1, 0.15) is 26.3 Å². The van der Waals surface area contributed by atoms with Gasteiger partial charge in [-0.15, -0.1) is 0 Å². The van der Waals surface area contributed by atoms with Gasteiger partial charge in [-0.25, -0.2) is 13.4 Å². The number of aryl methyl sites for hydroxylation is 1. The number of anilines is 2. The van der Waals surface area contributed by atoms with Crippen molar-refractivity contribution in [2.45, 2.75) is 32.1 Å². The van der Waals surface area contributed by atoms with Gasteiger partial charge in [-0.05, 0) is 50.1 Å². The van der Waals surface area contributed by atoms with Crippen molar-refractivity contribution in [2.24, 2.45) is 0 Å². The molecule has 124 valence electrons. The quantitative estimate of drug-likeness (QED) is 0.844. The summed E-state index contributed by atoms with van der Waals surface area (Å²) in [6, 6.07) is 10.5. The smallest absolute Gasteiger partial charge is 0.261 e. The van der Waals surface area contributed by atoms with Gasteiger partial charge in [0, 0.05) is 13.1 Å². The number of nitrogens with one attached hydrogen (secondary N) is 1. The summed E-state index contributed by atoms with van der Waals surface area (Å²) in [6.45, 7) is 7.87. The summed E-state index contributed by atoms with van der Waals surface area (Å²) in [5.74, 6) is 0.838. The van der Waals surface area contributed by atoms with E-state index >= 15 is 0 Å². The van der Waals surface area contributed by atoms with E-state index in [-0.39, 0.29) is 4.90 Å². The highest BCUT2D eigenvalue weighted by Crippen LogP contribution is 2.18. The number of rotatable bonds is 7. The van der Waals surface area contributed by atoms with Gasteiger partial charge < -0.3 is 4.90 Å². The van der Waals surface area contributed by atoms with Crippen molar-refractivity contribution < 1.29 is 8.42 Å². The lowest BCUT2D eigenvalue weighted by atomic mass is 10.2. The van der Waals surface area contributed by atoms with Crippen molar-refractivity contribution in [3.8, 4) is 0 Å². The van der Waals surface area contributed by atoms with Gasteiger partial charge >= 0.3 is 0 Å². The fraction of sp³-hybridized carbons (Fsp3) is 0.353. The minimum atomic E-state index is -3.59. The normalized spacial score (nSPS) is 11.3. The molecular formula is C17H23N3O2S. The maximum atomic E-state index is 12.4. The van der Waals surface area contributed by atoms with Crippen molar-refractivity contribution in [1.29, 1.82) is 0 Å². The maximum absolute atomic E-state index is 12.4. The van der Waals surface area contributed by atoms with Crippen LogP contribution in [0.15, 0.2) is 47.5 Å². The van der Waals surface area contributed by atoms with Crippen LogP contribution in [-0.2, 0) is 16.4 Å². The second-order valence-corrected chi connectivity index (χ2v) is 6.86. The second kappa shape index (κ2) is 7.46. The molecule has 2 rings (SSSR count). The zero-order chi connectivity index (χ0) is 16.9. The van der Waals surface area contributed by atoms with Gasteiger partial charge in [0.2, 0.25) is 0 Å². The summed E-state index contributed by atoms with van der Waals surface area (Å²) in [5, 5.41) is 0. The lowest BCUT2D eigenvalue weighted by Gasteiger charge is -2.19. The molecule has 0 saturated carbocycles. The number of pyridine rings is 1. The van der Waals surface area contributed by atoms with E-state index in [0.717, 1.165) is 30.9 Å².